The Balaban J connectivity index is 2.54. The number of carbonyl (C=O) groups is 2. The number of allylic oxidation sites excluding steroid dienone is 5. The molecule has 0 saturated heterocycles. The minimum atomic E-state index is -0.560. The van der Waals surface area contributed by atoms with E-state index >= 15 is 0 Å². The van der Waals surface area contributed by atoms with Crippen LogP contribution in [-0.2, 0) is 9.59 Å². The lowest BCUT2D eigenvalue weighted by Gasteiger charge is -2.33. The van der Waals surface area contributed by atoms with Gasteiger partial charge in [-0.1, -0.05) is 43.6 Å². The summed E-state index contributed by atoms with van der Waals surface area (Å²) in [5, 5.41) is 13.9. The number of nitrogens with one attached hydrogen (secondary N) is 1. The summed E-state index contributed by atoms with van der Waals surface area (Å²) >= 11 is 0. The van der Waals surface area contributed by atoms with E-state index in [2.05, 4.69) is 18.8 Å². The smallest absolute Gasteiger partial charge is 0.233 e. The van der Waals surface area contributed by atoms with Gasteiger partial charge in [-0.15, -0.1) is 0 Å². The third-order valence-corrected chi connectivity index (χ3v) is 5.51. The summed E-state index contributed by atoms with van der Waals surface area (Å²) in [7, 11) is 1.68. The third kappa shape index (κ3) is 3.84. The van der Waals surface area contributed by atoms with E-state index in [1.807, 2.05) is 19.9 Å². The molecular weight excluding hydrogens is 326 g/mol. The highest BCUT2D eigenvalue weighted by Crippen LogP contribution is 2.41. The highest BCUT2D eigenvalue weighted by atomic mass is 16.3. The van der Waals surface area contributed by atoms with E-state index in [0.29, 0.717) is 17.7 Å². The van der Waals surface area contributed by atoms with Crippen LogP contribution in [0, 0.1) is 11.8 Å². The van der Waals surface area contributed by atoms with Crippen LogP contribution in [0.2, 0.25) is 0 Å². The molecule has 0 heterocycles. The van der Waals surface area contributed by atoms with Gasteiger partial charge in [0.1, 0.15) is 5.76 Å². The van der Waals surface area contributed by atoms with Gasteiger partial charge in [-0.25, -0.2) is 0 Å². The molecule has 0 aromatic rings. The fourth-order valence-electron chi connectivity index (χ4n) is 4.03. The van der Waals surface area contributed by atoms with Crippen LogP contribution in [-0.4, -0.2) is 23.7 Å². The molecule has 26 heavy (non-hydrogen) atoms. The van der Waals surface area contributed by atoms with E-state index in [4.69, 9.17) is 0 Å². The van der Waals surface area contributed by atoms with Crippen molar-refractivity contribution in [2.45, 2.75) is 59.3 Å². The minimum absolute atomic E-state index is 0.0624. The van der Waals surface area contributed by atoms with Gasteiger partial charge in [-0.05, 0) is 45.4 Å². The molecule has 0 bridgehead atoms. The van der Waals surface area contributed by atoms with Crippen molar-refractivity contribution < 1.29 is 14.7 Å². The predicted octanol–water partition coefficient (Wildman–Crippen LogP) is 4.55. The Hall–Kier alpha value is -2.10. The molecule has 0 unspecified atom stereocenters. The van der Waals surface area contributed by atoms with Gasteiger partial charge >= 0.3 is 0 Å². The summed E-state index contributed by atoms with van der Waals surface area (Å²) in [6, 6.07) is 0. The molecule has 0 aromatic heterocycles. The highest BCUT2D eigenvalue weighted by Gasteiger charge is 2.40. The van der Waals surface area contributed by atoms with E-state index in [0.717, 1.165) is 37.7 Å². The maximum absolute atomic E-state index is 12.9. The largest absolute Gasteiger partial charge is 0.505 e. The van der Waals surface area contributed by atoms with Crippen molar-refractivity contribution in [2.75, 3.05) is 7.05 Å². The first-order chi connectivity index (χ1) is 12.3. The number of aliphatic hydroxyl groups excluding tert-OH is 1. The quantitative estimate of drug-likeness (QED) is 0.303. The van der Waals surface area contributed by atoms with Gasteiger partial charge in [0.05, 0.1) is 11.3 Å². The summed E-state index contributed by atoms with van der Waals surface area (Å²) in [5.41, 5.74) is 3.21. The first-order valence-corrected chi connectivity index (χ1v) is 9.59. The van der Waals surface area contributed by atoms with E-state index in [1.54, 1.807) is 7.05 Å². The average molecular weight is 357 g/mol. The Morgan fingerprint density at radius 2 is 2.00 bits per heavy atom. The molecule has 142 valence electrons. The Morgan fingerprint density at radius 3 is 2.58 bits per heavy atom. The molecule has 4 heteroatoms. The second-order valence-electron chi connectivity index (χ2n) is 7.51. The van der Waals surface area contributed by atoms with Crippen molar-refractivity contribution >= 4 is 11.6 Å². The SMILES string of the molecule is C=C(C)[C@@H]1CCC(C)=C[C@H]1C1=C(O)C(NC)=C(CCCCC)C(=O)C1=O. The zero-order valence-electron chi connectivity index (χ0n) is 16.4. The molecule has 2 rings (SSSR count). The summed E-state index contributed by atoms with van der Waals surface area (Å²) in [6.45, 7) is 10.1. The standard InChI is InChI=1S/C22H31NO3/c1-6-7-8-9-16-19(23-5)21(25)18(22(26)20(16)24)17-12-14(4)10-11-15(17)13(2)3/h12,15,17,23,25H,2,6-11H2,1,3-5H3/t15-,17+/m0/s1. The van der Waals surface area contributed by atoms with E-state index in [-0.39, 0.29) is 23.2 Å². The van der Waals surface area contributed by atoms with Crippen molar-refractivity contribution in [3.63, 3.8) is 0 Å². The molecule has 0 saturated carbocycles. The highest BCUT2D eigenvalue weighted by molar-refractivity contribution is 6.50. The average Bonchev–Trinajstić information content (AvgIpc) is 2.59. The number of likely N-dealkylation sites (N-methyl/N-ethyl adjacent to an activating group) is 1. The molecule has 2 aliphatic carbocycles. The van der Waals surface area contributed by atoms with Gasteiger partial charge < -0.3 is 10.4 Å². The van der Waals surface area contributed by atoms with Crippen LogP contribution in [0.5, 0.6) is 0 Å². The van der Waals surface area contributed by atoms with Crippen LogP contribution in [0.3, 0.4) is 0 Å². The Morgan fingerprint density at radius 1 is 1.31 bits per heavy atom. The van der Waals surface area contributed by atoms with Gasteiger partial charge in [0, 0.05) is 18.5 Å². The Labute approximate surface area is 156 Å². The van der Waals surface area contributed by atoms with Gasteiger partial charge in [-0.3, -0.25) is 9.59 Å². The van der Waals surface area contributed by atoms with E-state index < -0.39 is 11.6 Å². The van der Waals surface area contributed by atoms with E-state index in [9.17, 15) is 14.7 Å². The lowest BCUT2D eigenvalue weighted by atomic mass is 9.70. The van der Waals surface area contributed by atoms with Crippen LogP contribution in [0.25, 0.3) is 0 Å². The number of Topliss-reactive ketones (excluding diaryl/α,β-unsaturated/α-hetero) is 2. The molecule has 0 fully saturated rings. The first-order valence-electron chi connectivity index (χ1n) is 9.59. The lowest BCUT2D eigenvalue weighted by molar-refractivity contribution is -0.133. The van der Waals surface area contributed by atoms with Gasteiger partial charge in [0.2, 0.25) is 11.6 Å². The van der Waals surface area contributed by atoms with Crippen molar-refractivity contribution in [1.82, 2.24) is 5.32 Å². The number of carbonyl (C=O) groups excluding carboxylic acids is 2. The number of hydrogen-bond acceptors (Lipinski definition) is 4. The second-order valence-corrected chi connectivity index (χ2v) is 7.51. The van der Waals surface area contributed by atoms with E-state index in [1.165, 1.54) is 5.57 Å². The van der Waals surface area contributed by atoms with Crippen LogP contribution in [0.4, 0.5) is 0 Å². The van der Waals surface area contributed by atoms with Crippen molar-refractivity contribution in [3.05, 3.63) is 46.4 Å². The van der Waals surface area contributed by atoms with Crippen LogP contribution < -0.4 is 5.32 Å². The summed E-state index contributed by atoms with van der Waals surface area (Å²) in [5.74, 6) is -1.33. The molecule has 4 nitrogen and oxygen atoms in total. The molecular formula is C22H31NO3. The fraction of sp³-hybridized carbons (Fsp3) is 0.545. The number of aliphatic hydroxyl groups is 1. The fourth-order valence-corrected chi connectivity index (χ4v) is 4.03. The molecule has 0 spiro atoms. The molecule has 0 aromatic carbocycles. The predicted molar refractivity (Wildman–Crippen MR) is 105 cm³/mol. The Bertz CT molecular complexity index is 709. The van der Waals surface area contributed by atoms with Crippen LogP contribution in [0.15, 0.2) is 46.4 Å². The maximum Gasteiger partial charge on any atom is 0.233 e. The number of hydrogen-bond donors (Lipinski definition) is 2. The van der Waals surface area contributed by atoms with Gasteiger partial charge in [-0.2, -0.15) is 0 Å². The molecule has 0 amide bonds. The lowest BCUT2D eigenvalue weighted by Crippen LogP contribution is -2.35. The summed E-state index contributed by atoms with van der Waals surface area (Å²) in [4.78, 5) is 25.7. The molecule has 0 radical (unpaired) electrons. The monoisotopic (exact) mass is 357 g/mol. The maximum atomic E-state index is 12.9. The third-order valence-electron chi connectivity index (χ3n) is 5.51. The second kappa shape index (κ2) is 8.52. The summed E-state index contributed by atoms with van der Waals surface area (Å²) < 4.78 is 0. The minimum Gasteiger partial charge on any atom is -0.505 e. The molecule has 2 N–H and O–H groups in total. The van der Waals surface area contributed by atoms with Crippen LogP contribution in [0.1, 0.15) is 59.3 Å². The van der Waals surface area contributed by atoms with Gasteiger partial charge in [0.25, 0.3) is 0 Å². The normalized spacial score (nSPS) is 24.1. The molecule has 2 aliphatic rings. The zero-order chi connectivity index (χ0) is 19.4. The van der Waals surface area contributed by atoms with Crippen molar-refractivity contribution in [2.24, 2.45) is 11.8 Å². The van der Waals surface area contributed by atoms with Crippen LogP contribution >= 0.6 is 0 Å². The number of rotatable bonds is 7. The number of ketones is 2. The van der Waals surface area contributed by atoms with Gasteiger partial charge in [0.15, 0.2) is 0 Å². The van der Waals surface area contributed by atoms with Crippen molar-refractivity contribution in [1.29, 1.82) is 0 Å². The zero-order valence-corrected chi connectivity index (χ0v) is 16.4. The molecule has 0 aliphatic heterocycles. The summed E-state index contributed by atoms with van der Waals surface area (Å²) in [6.07, 6.45) is 7.20. The molecule has 2 atom stereocenters. The van der Waals surface area contributed by atoms with Crippen molar-refractivity contribution in [3.8, 4) is 0 Å². The first kappa shape index (κ1) is 20.2. The Kier molecular flexibility index (Phi) is 6.63. The number of unbranched alkanes of at least 4 members (excludes halogenated alkanes) is 2. The topological polar surface area (TPSA) is 66.4 Å².